The Labute approximate surface area is 185 Å². The molecule has 0 saturated heterocycles. The summed E-state index contributed by atoms with van der Waals surface area (Å²) < 4.78 is 35.1. The van der Waals surface area contributed by atoms with Gasteiger partial charge in [-0.1, -0.05) is 49.2 Å². The van der Waals surface area contributed by atoms with Gasteiger partial charge >= 0.3 is 0 Å². The van der Waals surface area contributed by atoms with Gasteiger partial charge in [-0.25, -0.2) is 8.78 Å². The molecule has 1 N–H and O–H groups in total. The maximum absolute atomic E-state index is 14.1. The van der Waals surface area contributed by atoms with Gasteiger partial charge in [0.15, 0.2) is 22.6 Å². The third-order valence-corrected chi connectivity index (χ3v) is 6.58. The normalized spacial score (nSPS) is 14.5. The number of rotatable bonds is 8. The molecule has 8 heteroatoms. The molecule has 1 aliphatic carbocycles. The van der Waals surface area contributed by atoms with E-state index in [9.17, 15) is 8.78 Å². The summed E-state index contributed by atoms with van der Waals surface area (Å²) in [6.07, 6.45) is 5.74. The Kier molecular flexibility index (Phi) is 7.06. The van der Waals surface area contributed by atoms with Crippen LogP contribution in [0.5, 0.6) is 5.75 Å². The van der Waals surface area contributed by atoms with Crippen LogP contribution in [-0.4, -0.2) is 21.9 Å². The van der Waals surface area contributed by atoms with E-state index in [2.05, 4.69) is 20.1 Å². The number of benzene rings is 2. The molecule has 1 heterocycles. The molecule has 0 atom stereocenters. The van der Waals surface area contributed by atoms with Crippen molar-refractivity contribution in [1.82, 2.24) is 14.8 Å². The SMILES string of the molecule is COc1cccc(NCc2nnc(SCc3cccc(F)c3F)n2C2CCCCC2)c1. The number of thioether (sulfide) groups is 1. The summed E-state index contributed by atoms with van der Waals surface area (Å²) in [4.78, 5) is 0. The van der Waals surface area contributed by atoms with Crippen LogP contribution in [0.4, 0.5) is 14.5 Å². The Morgan fingerprint density at radius 3 is 2.71 bits per heavy atom. The summed E-state index contributed by atoms with van der Waals surface area (Å²) in [7, 11) is 1.64. The van der Waals surface area contributed by atoms with Gasteiger partial charge in [0.25, 0.3) is 0 Å². The molecule has 5 nitrogen and oxygen atoms in total. The molecule has 1 aromatic heterocycles. The van der Waals surface area contributed by atoms with Crippen LogP contribution < -0.4 is 10.1 Å². The maximum Gasteiger partial charge on any atom is 0.191 e. The van der Waals surface area contributed by atoms with Crippen LogP contribution in [-0.2, 0) is 12.3 Å². The van der Waals surface area contributed by atoms with Crippen molar-refractivity contribution in [3.63, 3.8) is 0 Å². The van der Waals surface area contributed by atoms with Crippen molar-refractivity contribution in [3.8, 4) is 5.75 Å². The van der Waals surface area contributed by atoms with E-state index < -0.39 is 11.6 Å². The quantitative estimate of drug-likeness (QED) is 0.434. The van der Waals surface area contributed by atoms with Gasteiger partial charge in [-0.2, -0.15) is 0 Å². The van der Waals surface area contributed by atoms with E-state index >= 15 is 0 Å². The van der Waals surface area contributed by atoms with E-state index in [0.717, 1.165) is 41.3 Å². The third kappa shape index (κ3) is 5.18. The van der Waals surface area contributed by atoms with E-state index in [0.29, 0.717) is 23.9 Å². The zero-order valence-electron chi connectivity index (χ0n) is 17.5. The van der Waals surface area contributed by atoms with E-state index in [1.54, 1.807) is 13.2 Å². The van der Waals surface area contributed by atoms with Crippen LogP contribution in [0.25, 0.3) is 0 Å². The first-order chi connectivity index (χ1) is 15.2. The van der Waals surface area contributed by atoms with Gasteiger partial charge in [-0.15, -0.1) is 10.2 Å². The minimum absolute atomic E-state index is 0.303. The van der Waals surface area contributed by atoms with Crippen molar-refractivity contribution in [3.05, 3.63) is 65.5 Å². The van der Waals surface area contributed by atoms with Gasteiger partial charge < -0.3 is 14.6 Å². The highest BCUT2D eigenvalue weighted by molar-refractivity contribution is 7.98. The van der Waals surface area contributed by atoms with Crippen LogP contribution in [0.1, 0.15) is 49.5 Å². The number of methoxy groups -OCH3 is 1. The van der Waals surface area contributed by atoms with Crippen molar-refractivity contribution in [2.24, 2.45) is 0 Å². The van der Waals surface area contributed by atoms with Gasteiger partial charge in [-0.3, -0.25) is 0 Å². The van der Waals surface area contributed by atoms with Crippen LogP contribution in [0.2, 0.25) is 0 Å². The fraction of sp³-hybridized carbons (Fsp3) is 0.391. The Morgan fingerprint density at radius 1 is 1.10 bits per heavy atom. The van der Waals surface area contributed by atoms with E-state index in [1.807, 2.05) is 24.3 Å². The average molecular weight is 445 g/mol. The molecule has 0 spiro atoms. The van der Waals surface area contributed by atoms with Crippen molar-refractivity contribution < 1.29 is 13.5 Å². The largest absolute Gasteiger partial charge is 0.497 e. The highest BCUT2D eigenvalue weighted by atomic mass is 32.2. The first kappa shape index (κ1) is 21.6. The molecular weight excluding hydrogens is 418 g/mol. The Balaban J connectivity index is 1.53. The van der Waals surface area contributed by atoms with E-state index in [1.165, 1.54) is 37.1 Å². The van der Waals surface area contributed by atoms with Crippen LogP contribution >= 0.6 is 11.8 Å². The summed E-state index contributed by atoms with van der Waals surface area (Å²) in [5, 5.41) is 13.0. The summed E-state index contributed by atoms with van der Waals surface area (Å²) in [5.74, 6) is 0.315. The lowest BCUT2D eigenvalue weighted by molar-refractivity contribution is 0.330. The van der Waals surface area contributed by atoms with Gasteiger partial charge in [0, 0.05) is 29.1 Å². The van der Waals surface area contributed by atoms with Crippen molar-refractivity contribution in [2.45, 2.75) is 55.6 Å². The van der Waals surface area contributed by atoms with Crippen molar-refractivity contribution >= 4 is 17.4 Å². The Hall–Kier alpha value is -2.61. The smallest absolute Gasteiger partial charge is 0.191 e. The first-order valence-electron chi connectivity index (χ1n) is 10.5. The number of aromatic nitrogens is 3. The fourth-order valence-electron chi connectivity index (χ4n) is 3.95. The number of hydrogen-bond acceptors (Lipinski definition) is 5. The minimum Gasteiger partial charge on any atom is -0.497 e. The summed E-state index contributed by atoms with van der Waals surface area (Å²) in [5.41, 5.74) is 1.27. The molecule has 0 amide bonds. The topological polar surface area (TPSA) is 52.0 Å². The molecule has 164 valence electrons. The number of nitrogens with one attached hydrogen (secondary N) is 1. The fourth-order valence-corrected chi connectivity index (χ4v) is 4.95. The molecule has 0 bridgehead atoms. The Bertz CT molecular complexity index is 1020. The molecule has 4 rings (SSSR count). The average Bonchev–Trinajstić information content (AvgIpc) is 3.22. The number of hydrogen-bond donors (Lipinski definition) is 1. The minimum atomic E-state index is -0.824. The first-order valence-corrected chi connectivity index (χ1v) is 11.5. The molecular formula is C23H26F2N4OS. The molecule has 1 saturated carbocycles. The second kappa shape index (κ2) is 10.1. The lowest BCUT2D eigenvalue weighted by Gasteiger charge is -2.25. The maximum atomic E-state index is 14.1. The summed E-state index contributed by atoms with van der Waals surface area (Å²) in [6, 6.07) is 12.3. The molecule has 0 aliphatic heterocycles. The lowest BCUT2D eigenvalue weighted by Crippen LogP contribution is -2.18. The van der Waals surface area contributed by atoms with Crippen LogP contribution in [0.3, 0.4) is 0 Å². The van der Waals surface area contributed by atoms with Crippen molar-refractivity contribution in [1.29, 1.82) is 0 Å². The van der Waals surface area contributed by atoms with Crippen LogP contribution in [0, 0.1) is 11.6 Å². The molecule has 3 aromatic rings. The number of nitrogens with zero attached hydrogens (tertiary/aromatic N) is 3. The van der Waals surface area contributed by atoms with Crippen molar-refractivity contribution in [2.75, 3.05) is 12.4 Å². The predicted octanol–water partition coefficient (Wildman–Crippen LogP) is 5.97. The molecule has 1 aliphatic rings. The third-order valence-electron chi connectivity index (χ3n) is 5.58. The highest BCUT2D eigenvalue weighted by Gasteiger charge is 2.23. The molecule has 1 fully saturated rings. The van der Waals surface area contributed by atoms with Gasteiger partial charge in [0.05, 0.1) is 13.7 Å². The van der Waals surface area contributed by atoms with Gasteiger partial charge in [0.2, 0.25) is 0 Å². The zero-order chi connectivity index (χ0) is 21.6. The standard InChI is InChI=1S/C23H26F2N4OS/c1-30-19-11-6-8-17(13-19)26-14-21-27-28-23(29(21)18-9-3-2-4-10-18)31-15-16-7-5-12-20(24)22(16)25/h5-8,11-13,18,26H,2-4,9-10,14-15H2,1H3. The number of anilines is 1. The summed E-state index contributed by atoms with van der Waals surface area (Å²) in [6.45, 7) is 0.519. The molecule has 31 heavy (non-hydrogen) atoms. The summed E-state index contributed by atoms with van der Waals surface area (Å²) >= 11 is 1.40. The molecule has 0 unspecified atom stereocenters. The lowest BCUT2D eigenvalue weighted by atomic mass is 9.95. The number of halogens is 2. The second-order valence-corrected chi connectivity index (χ2v) is 8.59. The van der Waals surface area contributed by atoms with E-state index in [-0.39, 0.29) is 0 Å². The van der Waals surface area contributed by atoms with Gasteiger partial charge in [-0.05, 0) is 31.0 Å². The monoisotopic (exact) mass is 444 g/mol. The van der Waals surface area contributed by atoms with Crippen LogP contribution in [0.15, 0.2) is 47.6 Å². The van der Waals surface area contributed by atoms with Gasteiger partial charge in [0.1, 0.15) is 5.75 Å². The predicted molar refractivity (Wildman–Crippen MR) is 118 cm³/mol. The molecule has 0 radical (unpaired) electrons. The zero-order valence-corrected chi connectivity index (χ0v) is 18.3. The molecule has 2 aromatic carbocycles. The number of ether oxygens (including phenoxy) is 1. The van der Waals surface area contributed by atoms with E-state index in [4.69, 9.17) is 4.74 Å². The second-order valence-electron chi connectivity index (χ2n) is 7.65. The Morgan fingerprint density at radius 2 is 1.90 bits per heavy atom. The highest BCUT2D eigenvalue weighted by Crippen LogP contribution is 2.34.